The topological polar surface area (TPSA) is 60.7 Å². The van der Waals surface area contributed by atoms with Gasteiger partial charge in [0.2, 0.25) is 0 Å². The molecule has 1 fully saturated rings. The van der Waals surface area contributed by atoms with Crippen molar-refractivity contribution in [1.29, 1.82) is 0 Å². The molecular formula is C30H26O3. The van der Waals surface area contributed by atoms with Crippen LogP contribution in [-0.4, -0.2) is 15.3 Å². The van der Waals surface area contributed by atoms with E-state index in [9.17, 15) is 15.3 Å². The molecule has 2 aliphatic rings. The van der Waals surface area contributed by atoms with Crippen molar-refractivity contribution in [3.63, 3.8) is 0 Å². The van der Waals surface area contributed by atoms with Crippen molar-refractivity contribution in [2.45, 2.75) is 29.1 Å². The molecule has 0 saturated heterocycles. The second-order valence-electron chi connectivity index (χ2n) is 9.28. The van der Waals surface area contributed by atoms with Crippen molar-refractivity contribution < 1.29 is 15.3 Å². The lowest BCUT2D eigenvalue weighted by atomic mass is 9.69. The molecule has 6 rings (SSSR count). The number of aliphatic hydroxyl groups excluding tert-OH is 1. The minimum Gasteiger partial charge on any atom is -0.388 e. The van der Waals surface area contributed by atoms with E-state index in [0.29, 0.717) is 16.7 Å². The average Bonchev–Trinajstić information content (AvgIpc) is 3.24. The predicted octanol–water partition coefficient (Wildman–Crippen LogP) is 5.01. The maximum atomic E-state index is 12.8. The summed E-state index contributed by atoms with van der Waals surface area (Å²) < 4.78 is 0. The molecule has 4 aromatic carbocycles. The van der Waals surface area contributed by atoms with E-state index in [-0.39, 0.29) is 5.92 Å². The first-order valence-electron chi connectivity index (χ1n) is 11.5. The van der Waals surface area contributed by atoms with E-state index in [1.165, 1.54) is 0 Å². The van der Waals surface area contributed by atoms with Gasteiger partial charge in [-0.05, 0) is 27.8 Å². The molecule has 164 valence electrons. The summed E-state index contributed by atoms with van der Waals surface area (Å²) in [6.45, 7) is 0. The number of benzene rings is 4. The highest BCUT2D eigenvalue weighted by molar-refractivity contribution is 5.54. The third-order valence-corrected chi connectivity index (χ3v) is 7.85. The molecule has 3 nitrogen and oxygen atoms in total. The van der Waals surface area contributed by atoms with Crippen LogP contribution < -0.4 is 0 Å². The largest absolute Gasteiger partial charge is 0.388 e. The van der Waals surface area contributed by atoms with E-state index in [1.54, 1.807) is 0 Å². The van der Waals surface area contributed by atoms with Crippen LogP contribution in [0.15, 0.2) is 115 Å². The average molecular weight is 435 g/mol. The monoisotopic (exact) mass is 434 g/mol. The molecule has 4 aromatic rings. The van der Waals surface area contributed by atoms with Crippen LogP contribution in [0.1, 0.15) is 45.8 Å². The SMILES string of the molecule is O[C@@H]1c2ccccc2[C@]2(O)[C@@H]1[C@H](c1ccccc1)[C@H](c1ccccc1)[C@@]2(O)c1ccccc1. The fraction of sp³-hybridized carbons (Fsp3) is 0.200. The molecule has 3 N–H and O–H groups in total. The maximum Gasteiger partial charge on any atom is 0.130 e. The van der Waals surface area contributed by atoms with Crippen LogP contribution in [0.3, 0.4) is 0 Å². The van der Waals surface area contributed by atoms with E-state index < -0.39 is 29.1 Å². The Kier molecular flexibility index (Phi) is 4.56. The van der Waals surface area contributed by atoms with Crippen molar-refractivity contribution in [1.82, 2.24) is 0 Å². The van der Waals surface area contributed by atoms with Crippen LogP contribution in [0.2, 0.25) is 0 Å². The molecule has 0 bridgehead atoms. The Morgan fingerprint density at radius 1 is 0.545 bits per heavy atom. The van der Waals surface area contributed by atoms with E-state index in [2.05, 4.69) is 0 Å². The van der Waals surface area contributed by atoms with Crippen LogP contribution in [0.5, 0.6) is 0 Å². The molecule has 3 heteroatoms. The standard InChI is InChI=1S/C30H26O3/c31-28-23-18-10-11-19-24(23)30(33)27(28)25(20-12-4-1-5-13-20)26(21-14-6-2-7-15-21)29(30,32)22-16-8-3-9-17-22/h1-19,25-28,31-33H/t25-,26+,27-,28-,29+,30+/m1/s1. The Bertz CT molecular complexity index is 1270. The van der Waals surface area contributed by atoms with E-state index in [0.717, 1.165) is 11.1 Å². The Morgan fingerprint density at radius 2 is 1.06 bits per heavy atom. The highest BCUT2D eigenvalue weighted by Crippen LogP contribution is 2.73. The zero-order valence-corrected chi connectivity index (χ0v) is 18.1. The second kappa shape index (κ2) is 7.39. The zero-order chi connectivity index (χ0) is 22.6. The number of hydrogen-bond donors (Lipinski definition) is 3. The van der Waals surface area contributed by atoms with Gasteiger partial charge in [0, 0.05) is 17.8 Å². The van der Waals surface area contributed by atoms with Crippen molar-refractivity contribution in [2.75, 3.05) is 0 Å². The predicted molar refractivity (Wildman–Crippen MR) is 127 cm³/mol. The first kappa shape index (κ1) is 20.4. The fourth-order valence-electron chi connectivity index (χ4n) is 6.60. The molecule has 1 saturated carbocycles. The summed E-state index contributed by atoms with van der Waals surface area (Å²) in [6, 6.07) is 36.8. The summed E-state index contributed by atoms with van der Waals surface area (Å²) in [5.41, 5.74) is 0.534. The molecule has 0 aromatic heterocycles. The Morgan fingerprint density at radius 3 is 1.70 bits per heavy atom. The molecule has 0 radical (unpaired) electrons. The highest BCUT2D eigenvalue weighted by Gasteiger charge is 2.74. The molecule has 0 amide bonds. The van der Waals surface area contributed by atoms with Gasteiger partial charge in [0.05, 0.1) is 6.10 Å². The van der Waals surface area contributed by atoms with E-state index in [1.807, 2.05) is 115 Å². The summed E-state index contributed by atoms with van der Waals surface area (Å²) in [5, 5.41) is 37.1. The number of hydrogen-bond acceptors (Lipinski definition) is 3. The van der Waals surface area contributed by atoms with E-state index >= 15 is 0 Å². The highest BCUT2D eigenvalue weighted by atomic mass is 16.4. The lowest BCUT2D eigenvalue weighted by Gasteiger charge is -2.42. The molecule has 2 aliphatic carbocycles. The van der Waals surface area contributed by atoms with Gasteiger partial charge in [0.1, 0.15) is 11.2 Å². The van der Waals surface area contributed by atoms with Crippen LogP contribution in [0, 0.1) is 5.92 Å². The van der Waals surface area contributed by atoms with Gasteiger partial charge < -0.3 is 15.3 Å². The van der Waals surface area contributed by atoms with Gasteiger partial charge in [0.15, 0.2) is 0 Å². The Labute approximate surface area is 193 Å². The van der Waals surface area contributed by atoms with Gasteiger partial charge >= 0.3 is 0 Å². The van der Waals surface area contributed by atoms with Crippen LogP contribution in [0.4, 0.5) is 0 Å². The van der Waals surface area contributed by atoms with Crippen molar-refractivity contribution in [3.8, 4) is 0 Å². The van der Waals surface area contributed by atoms with Crippen molar-refractivity contribution >= 4 is 0 Å². The van der Waals surface area contributed by atoms with Crippen LogP contribution in [0.25, 0.3) is 0 Å². The zero-order valence-electron chi connectivity index (χ0n) is 18.1. The molecule has 33 heavy (non-hydrogen) atoms. The van der Waals surface area contributed by atoms with Crippen LogP contribution >= 0.6 is 0 Å². The Hall–Kier alpha value is -3.24. The minimum atomic E-state index is -1.68. The molecular weight excluding hydrogens is 408 g/mol. The third-order valence-electron chi connectivity index (χ3n) is 7.85. The van der Waals surface area contributed by atoms with Gasteiger partial charge in [0.25, 0.3) is 0 Å². The van der Waals surface area contributed by atoms with Crippen molar-refractivity contribution in [3.05, 3.63) is 143 Å². The van der Waals surface area contributed by atoms with Gasteiger partial charge in [-0.3, -0.25) is 0 Å². The summed E-state index contributed by atoms with van der Waals surface area (Å²) in [7, 11) is 0. The minimum absolute atomic E-state index is 0.314. The molecule has 6 atom stereocenters. The van der Waals surface area contributed by atoms with Gasteiger partial charge in [-0.1, -0.05) is 115 Å². The summed E-state index contributed by atoms with van der Waals surface area (Å²) >= 11 is 0. The first-order chi connectivity index (χ1) is 16.1. The van der Waals surface area contributed by atoms with Gasteiger partial charge in [-0.15, -0.1) is 0 Å². The smallest absolute Gasteiger partial charge is 0.130 e. The van der Waals surface area contributed by atoms with Gasteiger partial charge in [-0.25, -0.2) is 0 Å². The van der Waals surface area contributed by atoms with E-state index in [4.69, 9.17) is 0 Å². The summed E-state index contributed by atoms with van der Waals surface area (Å²) in [6.07, 6.45) is -0.902. The van der Waals surface area contributed by atoms with Crippen molar-refractivity contribution in [2.24, 2.45) is 5.92 Å². The molecule has 0 heterocycles. The normalized spacial score (nSPS) is 32.3. The summed E-state index contributed by atoms with van der Waals surface area (Å²) in [5.74, 6) is -1.40. The number of rotatable bonds is 3. The molecule has 0 unspecified atom stereocenters. The number of aliphatic hydroxyl groups is 3. The quantitative estimate of drug-likeness (QED) is 0.425. The number of fused-ring (bicyclic) bond motifs is 3. The maximum absolute atomic E-state index is 12.8. The van der Waals surface area contributed by atoms with Gasteiger partial charge in [-0.2, -0.15) is 0 Å². The lowest BCUT2D eigenvalue weighted by molar-refractivity contribution is -0.174. The Balaban J connectivity index is 1.72. The fourth-order valence-corrected chi connectivity index (χ4v) is 6.60. The molecule has 0 aliphatic heterocycles. The summed E-state index contributed by atoms with van der Waals surface area (Å²) in [4.78, 5) is 0. The first-order valence-corrected chi connectivity index (χ1v) is 11.5. The second-order valence-corrected chi connectivity index (χ2v) is 9.28. The third kappa shape index (κ3) is 2.61. The molecule has 0 spiro atoms. The van der Waals surface area contributed by atoms with Crippen LogP contribution in [-0.2, 0) is 11.2 Å². The lowest BCUT2D eigenvalue weighted by Crippen LogP contribution is -2.49.